The molecule has 0 aliphatic carbocycles. The first kappa shape index (κ1) is 12.9. The molecule has 1 aromatic heterocycles. The quantitative estimate of drug-likeness (QED) is 0.656. The number of aromatic nitrogens is 2. The van der Waals surface area contributed by atoms with Crippen LogP contribution in [0.5, 0.6) is 0 Å². The lowest BCUT2D eigenvalue weighted by Crippen LogP contribution is -1.83. The molecule has 2 rings (SSSR count). The van der Waals surface area contributed by atoms with Crippen LogP contribution in [0.25, 0.3) is 11.4 Å². The molecular weight excluding hydrogens is 240 g/mol. The molecule has 0 aliphatic heterocycles. The van der Waals surface area contributed by atoms with Gasteiger partial charge in [0, 0.05) is 5.56 Å². The zero-order valence-corrected chi connectivity index (χ0v) is 10.1. The van der Waals surface area contributed by atoms with Crippen molar-refractivity contribution in [3.05, 3.63) is 41.7 Å². The van der Waals surface area contributed by atoms with Crippen molar-refractivity contribution in [2.75, 3.05) is 13.2 Å². The van der Waals surface area contributed by atoms with E-state index in [0.717, 1.165) is 5.56 Å². The van der Waals surface area contributed by atoms with Crippen LogP contribution in [0.3, 0.4) is 0 Å². The van der Waals surface area contributed by atoms with Crippen molar-refractivity contribution < 1.29 is 10.2 Å². The molecule has 0 amide bonds. The number of hydrogen-bond acceptors (Lipinski definition) is 3. The van der Waals surface area contributed by atoms with Gasteiger partial charge in [-0.2, -0.15) is 0 Å². The lowest BCUT2D eigenvalue weighted by molar-refractivity contribution is 0.350. The Labute approximate surface area is 111 Å². The van der Waals surface area contributed by atoms with Crippen molar-refractivity contribution in [3.63, 3.8) is 0 Å². The van der Waals surface area contributed by atoms with Gasteiger partial charge in [-0.05, 0) is 11.8 Å². The highest BCUT2D eigenvalue weighted by Crippen LogP contribution is 2.17. The highest BCUT2D eigenvalue weighted by atomic mass is 16.3. The second kappa shape index (κ2) is 6.42. The third-order valence-corrected chi connectivity index (χ3v) is 2.33. The van der Waals surface area contributed by atoms with Crippen molar-refractivity contribution in [2.24, 2.45) is 0 Å². The van der Waals surface area contributed by atoms with Crippen molar-refractivity contribution in [3.8, 4) is 35.1 Å². The Morgan fingerprint density at radius 1 is 1.00 bits per heavy atom. The Kier molecular flexibility index (Phi) is 4.36. The fourth-order valence-corrected chi connectivity index (χ4v) is 1.54. The summed E-state index contributed by atoms with van der Waals surface area (Å²) in [5, 5.41) is 17.5. The number of aliphatic hydroxyl groups is 2. The number of nitrogens with one attached hydrogen (secondary N) is 1. The first-order valence-corrected chi connectivity index (χ1v) is 5.70. The van der Waals surface area contributed by atoms with Gasteiger partial charge in [-0.25, -0.2) is 4.98 Å². The summed E-state index contributed by atoms with van der Waals surface area (Å²) < 4.78 is 0. The minimum Gasteiger partial charge on any atom is -0.384 e. The van der Waals surface area contributed by atoms with E-state index in [-0.39, 0.29) is 13.2 Å². The van der Waals surface area contributed by atoms with E-state index in [0.29, 0.717) is 17.2 Å². The summed E-state index contributed by atoms with van der Waals surface area (Å²) in [6.07, 6.45) is 0. The van der Waals surface area contributed by atoms with Gasteiger partial charge in [-0.3, -0.25) is 0 Å². The Bertz CT molecular complexity index is 627. The second-order valence-electron chi connectivity index (χ2n) is 3.59. The molecule has 0 bridgehead atoms. The van der Waals surface area contributed by atoms with Crippen LogP contribution in [0, 0.1) is 23.7 Å². The van der Waals surface area contributed by atoms with Crippen LogP contribution >= 0.6 is 0 Å². The first-order valence-electron chi connectivity index (χ1n) is 5.70. The first-order chi connectivity index (χ1) is 9.35. The Morgan fingerprint density at radius 2 is 1.68 bits per heavy atom. The number of rotatable bonds is 1. The van der Waals surface area contributed by atoms with Crippen molar-refractivity contribution in [2.45, 2.75) is 0 Å². The summed E-state index contributed by atoms with van der Waals surface area (Å²) in [4.78, 5) is 7.41. The largest absolute Gasteiger partial charge is 0.384 e. The van der Waals surface area contributed by atoms with Crippen LogP contribution in [0.4, 0.5) is 0 Å². The molecule has 3 N–H and O–H groups in total. The third kappa shape index (κ3) is 3.23. The van der Waals surface area contributed by atoms with E-state index in [9.17, 15) is 0 Å². The summed E-state index contributed by atoms with van der Waals surface area (Å²) >= 11 is 0. The number of aromatic amines is 1. The molecule has 0 fully saturated rings. The van der Waals surface area contributed by atoms with Gasteiger partial charge in [-0.1, -0.05) is 42.2 Å². The van der Waals surface area contributed by atoms with Crippen LogP contribution in [-0.2, 0) is 0 Å². The molecule has 4 heteroatoms. The number of imidazole rings is 1. The second-order valence-corrected chi connectivity index (χ2v) is 3.59. The molecule has 0 spiro atoms. The van der Waals surface area contributed by atoms with Gasteiger partial charge >= 0.3 is 0 Å². The fourth-order valence-electron chi connectivity index (χ4n) is 1.54. The Morgan fingerprint density at radius 3 is 2.37 bits per heavy atom. The lowest BCUT2D eigenvalue weighted by Gasteiger charge is -1.93. The van der Waals surface area contributed by atoms with Gasteiger partial charge < -0.3 is 15.2 Å². The van der Waals surface area contributed by atoms with E-state index in [2.05, 4.69) is 33.6 Å². The highest BCUT2D eigenvalue weighted by Gasteiger charge is 2.07. The molecule has 0 saturated carbocycles. The maximum atomic E-state index is 8.73. The van der Waals surface area contributed by atoms with Crippen molar-refractivity contribution >= 4 is 0 Å². The summed E-state index contributed by atoms with van der Waals surface area (Å²) in [5.74, 6) is 11.2. The summed E-state index contributed by atoms with van der Waals surface area (Å²) in [5.41, 5.74) is 1.93. The SMILES string of the molecule is OCC#Cc1nc(-c2ccccc2)[nH]c1C#CCO. The van der Waals surface area contributed by atoms with E-state index in [1.807, 2.05) is 30.3 Å². The summed E-state index contributed by atoms with van der Waals surface area (Å²) in [6.45, 7) is -0.465. The van der Waals surface area contributed by atoms with Crippen LogP contribution in [0.15, 0.2) is 30.3 Å². The van der Waals surface area contributed by atoms with Gasteiger partial charge in [-0.15, -0.1) is 0 Å². The smallest absolute Gasteiger partial charge is 0.147 e. The maximum Gasteiger partial charge on any atom is 0.147 e. The van der Waals surface area contributed by atoms with Crippen LogP contribution in [0.2, 0.25) is 0 Å². The highest BCUT2D eigenvalue weighted by molar-refractivity contribution is 5.59. The predicted molar refractivity (Wildman–Crippen MR) is 72.0 cm³/mol. The van der Waals surface area contributed by atoms with Gasteiger partial charge in [0.05, 0.1) is 0 Å². The Balaban J connectivity index is 2.45. The minimum atomic E-state index is -0.236. The molecular formula is C15H12N2O2. The molecule has 0 saturated heterocycles. The molecule has 94 valence electrons. The number of benzene rings is 1. The van der Waals surface area contributed by atoms with Crippen LogP contribution in [-0.4, -0.2) is 33.4 Å². The zero-order valence-electron chi connectivity index (χ0n) is 10.1. The third-order valence-electron chi connectivity index (χ3n) is 2.33. The Hall–Kier alpha value is -2.53. The molecule has 2 aromatic rings. The lowest BCUT2D eigenvalue weighted by atomic mass is 10.2. The van der Waals surface area contributed by atoms with Gasteiger partial charge in [0.25, 0.3) is 0 Å². The van der Waals surface area contributed by atoms with Gasteiger partial charge in [0.15, 0.2) is 0 Å². The number of H-pyrrole nitrogens is 1. The molecule has 1 heterocycles. The van der Waals surface area contributed by atoms with E-state index < -0.39 is 0 Å². The molecule has 4 nitrogen and oxygen atoms in total. The average molecular weight is 252 g/mol. The van der Waals surface area contributed by atoms with E-state index in [1.54, 1.807) is 0 Å². The topological polar surface area (TPSA) is 69.1 Å². The molecule has 0 unspecified atom stereocenters. The van der Waals surface area contributed by atoms with Gasteiger partial charge in [0.1, 0.15) is 30.4 Å². The van der Waals surface area contributed by atoms with E-state index in [4.69, 9.17) is 10.2 Å². The normalized spacial score (nSPS) is 9.16. The predicted octanol–water partition coefficient (Wildman–Crippen LogP) is 0.764. The number of aliphatic hydroxyl groups excluding tert-OH is 2. The molecule has 0 aliphatic rings. The standard InChI is InChI=1S/C15H12N2O2/c18-10-4-8-13-14(9-5-11-19)17-15(16-13)12-6-2-1-3-7-12/h1-3,6-7,18-19H,10-11H2,(H,16,17). The summed E-state index contributed by atoms with van der Waals surface area (Å²) in [7, 11) is 0. The average Bonchev–Trinajstić information content (AvgIpc) is 2.87. The number of nitrogens with zero attached hydrogens (tertiary/aromatic N) is 1. The minimum absolute atomic E-state index is 0.230. The van der Waals surface area contributed by atoms with E-state index >= 15 is 0 Å². The zero-order chi connectivity index (χ0) is 13.5. The monoisotopic (exact) mass is 252 g/mol. The van der Waals surface area contributed by atoms with Crippen molar-refractivity contribution in [1.29, 1.82) is 0 Å². The molecule has 19 heavy (non-hydrogen) atoms. The molecule has 0 radical (unpaired) electrons. The van der Waals surface area contributed by atoms with Gasteiger partial charge in [0.2, 0.25) is 0 Å². The van der Waals surface area contributed by atoms with Crippen LogP contribution < -0.4 is 0 Å². The molecule has 1 aromatic carbocycles. The summed E-state index contributed by atoms with van der Waals surface area (Å²) in [6, 6.07) is 9.59. The van der Waals surface area contributed by atoms with E-state index in [1.165, 1.54) is 0 Å². The van der Waals surface area contributed by atoms with Crippen molar-refractivity contribution in [1.82, 2.24) is 9.97 Å². The van der Waals surface area contributed by atoms with Crippen LogP contribution in [0.1, 0.15) is 11.4 Å². The fraction of sp³-hybridized carbons (Fsp3) is 0.133. The molecule has 0 atom stereocenters. The maximum absolute atomic E-state index is 8.73. The number of hydrogen-bond donors (Lipinski definition) is 3.